The molecule has 2 aromatic rings. The molecule has 144 valence electrons. The Morgan fingerprint density at radius 2 is 1.54 bits per heavy atom. The van der Waals surface area contributed by atoms with Gasteiger partial charge in [-0.2, -0.15) is 0 Å². The second-order valence-electron chi connectivity index (χ2n) is 6.32. The van der Waals surface area contributed by atoms with Crippen LogP contribution in [0.3, 0.4) is 0 Å². The molecule has 5 nitrogen and oxygen atoms in total. The molecule has 1 aliphatic heterocycles. The Bertz CT molecular complexity index is 829. The highest BCUT2D eigenvalue weighted by Crippen LogP contribution is 2.20. The van der Waals surface area contributed by atoms with E-state index in [0.29, 0.717) is 17.5 Å². The van der Waals surface area contributed by atoms with Gasteiger partial charge in [0.15, 0.2) is 0 Å². The molecule has 1 heterocycles. The highest BCUT2D eigenvalue weighted by molar-refractivity contribution is 5.90. The van der Waals surface area contributed by atoms with Gasteiger partial charge in [0.25, 0.3) is 0 Å². The summed E-state index contributed by atoms with van der Waals surface area (Å²) in [6.07, 6.45) is 4.51. The van der Waals surface area contributed by atoms with Crippen molar-refractivity contribution in [2.45, 2.75) is 24.7 Å². The Labute approximate surface area is 164 Å². The minimum atomic E-state index is -0.655. The standard InChI is InChI=1S/C23H22O5/c1-2-9-19-14-15-20(28-23(25)18-12-7-4-8-13-18)21(27-19)16-26-22(24)17-10-5-3-6-11-17/h2-8,10-15,19-21H,1,9,16H2/t19-,20-,21-/m1/s1. The Hall–Kier alpha value is -3.18. The van der Waals surface area contributed by atoms with Crippen molar-refractivity contribution in [2.24, 2.45) is 0 Å². The smallest absolute Gasteiger partial charge is 0.338 e. The van der Waals surface area contributed by atoms with Crippen molar-refractivity contribution in [3.05, 3.63) is 96.6 Å². The maximum absolute atomic E-state index is 12.4. The number of rotatable bonds is 7. The van der Waals surface area contributed by atoms with Gasteiger partial charge in [0.1, 0.15) is 18.8 Å². The Balaban J connectivity index is 1.67. The van der Waals surface area contributed by atoms with Gasteiger partial charge in [-0.05, 0) is 36.8 Å². The molecule has 0 aliphatic carbocycles. The summed E-state index contributed by atoms with van der Waals surface area (Å²) in [5.74, 6) is -0.910. The van der Waals surface area contributed by atoms with Crippen LogP contribution in [0.2, 0.25) is 0 Å². The first-order valence-corrected chi connectivity index (χ1v) is 9.10. The average Bonchev–Trinajstić information content (AvgIpc) is 2.75. The van der Waals surface area contributed by atoms with Gasteiger partial charge >= 0.3 is 11.9 Å². The van der Waals surface area contributed by atoms with E-state index in [-0.39, 0.29) is 12.7 Å². The van der Waals surface area contributed by atoms with Crippen LogP contribution in [0.5, 0.6) is 0 Å². The average molecular weight is 378 g/mol. The van der Waals surface area contributed by atoms with E-state index in [2.05, 4.69) is 6.58 Å². The molecule has 2 aromatic carbocycles. The summed E-state index contributed by atoms with van der Waals surface area (Å²) in [7, 11) is 0. The van der Waals surface area contributed by atoms with Gasteiger partial charge in [-0.3, -0.25) is 0 Å². The van der Waals surface area contributed by atoms with Gasteiger partial charge in [0, 0.05) is 0 Å². The summed E-state index contributed by atoms with van der Waals surface area (Å²) in [6.45, 7) is 3.69. The first kappa shape index (κ1) is 19.6. The Morgan fingerprint density at radius 3 is 2.14 bits per heavy atom. The number of ether oxygens (including phenoxy) is 3. The predicted molar refractivity (Wildman–Crippen MR) is 105 cm³/mol. The summed E-state index contributed by atoms with van der Waals surface area (Å²) in [4.78, 5) is 24.6. The first-order chi connectivity index (χ1) is 13.7. The topological polar surface area (TPSA) is 61.8 Å². The lowest BCUT2D eigenvalue weighted by Crippen LogP contribution is -2.41. The number of benzene rings is 2. The van der Waals surface area contributed by atoms with Crippen LogP contribution in [0.15, 0.2) is 85.5 Å². The second kappa shape index (κ2) is 9.67. The van der Waals surface area contributed by atoms with Crippen LogP contribution in [0.4, 0.5) is 0 Å². The van der Waals surface area contributed by atoms with Crippen LogP contribution < -0.4 is 0 Å². The van der Waals surface area contributed by atoms with Crippen molar-refractivity contribution in [3.63, 3.8) is 0 Å². The third kappa shape index (κ3) is 5.18. The molecule has 5 heteroatoms. The third-order valence-electron chi connectivity index (χ3n) is 4.27. The largest absolute Gasteiger partial charge is 0.459 e. The fourth-order valence-corrected chi connectivity index (χ4v) is 2.83. The highest BCUT2D eigenvalue weighted by Gasteiger charge is 2.31. The zero-order valence-corrected chi connectivity index (χ0v) is 15.4. The highest BCUT2D eigenvalue weighted by atomic mass is 16.6. The second-order valence-corrected chi connectivity index (χ2v) is 6.32. The van der Waals surface area contributed by atoms with Crippen LogP contribution in [-0.4, -0.2) is 36.9 Å². The summed E-state index contributed by atoms with van der Waals surface area (Å²) in [6, 6.07) is 17.4. The number of carbonyl (C=O) groups excluding carboxylic acids is 2. The van der Waals surface area contributed by atoms with Crippen molar-refractivity contribution in [1.82, 2.24) is 0 Å². The maximum atomic E-state index is 12.4. The maximum Gasteiger partial charge on any atom is 0.338 e. The molecule has 0 N–H and O–H groups in total. The molecular weight excluding hydrogens is 356 g/mol. The van der Waals surface area contributed by atoms with Crippen molar-refractivity contribution < 1.29 is 23.8 Å². The lowest BCUT2D eigenvalue weighted by molar-refractivity contribution is -0.0882. The van der Waals surface area contributed by atoms with E-state index in [4.69, 9.17) is 14.2 Å². The van der Waals surface area contributed by atoms with Crippen molar-refractivity contribution >= 4 is 11.9 Å². The molecule has 0 spiro atoms. The number of esters is 2. The molecular formula is C23H22O5. The van der Waals surface area contributed by atoms with Crippen molar-refractivity contribution in [1.29, 1.82) is 0 Å². The summed E-state index contributed by atoms with van der Waals surface area (Å²) in [5.41, 5.74) is 0.901. The lowest BCUT2D eigenvalue weighted by Gasteiger charge is -2.31. The molecule has 3 rings (SSSR count). The molecule has 0 bridgehead atoms. The number of hydrogen-bond acceptors (Lipinski definition) is 5. The zero-order chi connectivity index (χ0) is 19.8. The number of carbonyl (C=O) groups is 2. The predicted octanol–water partition coefficient (Wildman–Crippen LogP) is 3.97. The normalized spacial score (nSPS) is 20.9. The van der Waals surface area contributed by atoms with Crippen LogP contribution in [-0.2, 0) is 14.2 Å². The minimum absolute atomic E-state index is 0.0293. The molecule has 0 radical (unpaired) electrons. The zero-order valence-electron chi connectivity index (χ0n) is 15.4. The van der Waals surface area contributed by atoms with E-state index < -0.39 is 24.1 Å². The van der Waals surface area contributed by atoms with Gasteiger partial charge in [-0.25, -0.2) is 9.59 Å². The fourth-order valence-electron chi connectivity index (χ4n) is 2.83. The molecule has 1 aliphatic rings. The molecule has 0 unspecified atom stereocenters. The van der Waals surface area contributed by atoms with Crippen LogP contribution in [0.25, 0.3) is 0 Å². The summed E-state index contributed by atoms with van der Waals surface area (Å²) in [5, 5.41) is 0. The monoisotopic (exact) mass is 378 g/mol. The first-order valence-electron chi connectivity index (χ1n) is 9.10. The van der Waals surface area contributed by atoms with Gasteiger partial charge in [0.2, 0.25) is 0 Å². The lowest BCUT2D eigenvalue weighted by atomic mass is 10.1. The van der Waals surface area contributed by atoms with Crippen LogP contribution >= 0.6 is 0 Å². The van der Waals surface area contributed by atoms with E-state index in [1.54, 1.807) is 60.7 Å². The van der Waals surface area contributed by atoms with Crippen molar-refractivity contribution in [2.75, 3.05) is 6.61 Å². The van der Waals surface area contributed by atoms with E-state index in [1.165, 1.54) is 0 Å². The molecule has 0 amide bonds. The number of hydrogen-bond donors (Lipinski definition) is 0. The van der Waals surface area contributed by atoms with Gasteiger partial charge < -0.3 is 14.2 Å². The van der Waals surface area contributed by atoms with Gasteiger partial charge in [-0.15, -0.1) is 6.58 Å². The molecule has 3 atom stereocenters. The molecule has 0 fully saturated rings. The SMILES string of the molecule is C=CC[C@@H]1C=C[C@@H](OC(=O)c2ccccc2)[C@@H](COC(=O)c2ccccc2)O1. The minimum Gasteiger partial charge on any atom is -0.459 e. The van der Waals surface area contributed by atoms with E-state index in [9.17, 15) is 9.59 Å². The Morgan fingerprint density at radius 1 is 0.929 bits per heavy atom. The van der Waals surface area contributed by atoms with E-state index in [1.807, 2.05) is 18.2 Å². The quantitative estimate of drug-likeness (QED) is 0.539. The molecule has 28 heavy (non-hydrogen) atoms. The van der Waals surface area contributed by atoms with E-state index >= 15 is 0 Å². The molecule has 0 saturated heterocycles. The van der Waals surface area contributed by atoms with Crippen LogP contribution in [0, 0.1) is 0 Å². The fraction of sp³-hybridized carbons (Fsp3) is 0.217. The Kier molecular flexibility index (Phi) is 6.76. The van der Waals surface area contributed by atoms with E-state index in [0.717, 1.165) is 0 Å². The molecule has 0 saturated carbocycles. The summed E-state index contributed by atoms with van der Waals surface area (Å²) >= 11 is 0. The van der Waals surface area contributed by atoms with Gasteiger partial charge in [-0.1, -0.05) is 48.6 Å². The summed E-state index contributed by atoms with van der Waals surface area (Å²) < 4.78 is 16.9. The van der Waals surface area contributed by atoms with Gasteiger partial charge in [0.05, 0.1) is 17.2 Å². The van der Waals surface area contributed by atoms with Crippen LogP contribution in [0.1, 0.15) is 27.1 Å². The molecule has 0 aromatic heterocycles. The van der Waals surface area contributed by atoms with Crippen molar-refractivity contribution in [3.8, 4) is 0 Å². The third-order valence-corrected chi connectivity index (χ3v) is 4.27.